The highest BCUT2D eigenvalue weighted by molar-refractivity contribution is 9.10. The number of nitrogens with one attached hydrogen (secondary N) is 1. The Balaban J connectivity index is 1.82. The van der Waals surface area contributed by atoms with Crippen molar-refractivity contribution >= 4 is 38.9 Å². The maximum absolute atomic E-state index is 11.2. The van der Waals surface area contributed by atoms with Gasteiger partial charge in [-0.25, -0.2) is 0 Å². The van der Waals surface area contributed by atoms with Crippen LogP contribution in [0.3, 0.4) is 0 Å². The predicted molar refractivity (Wildman–Crippen MR) is 98.6 cm³/mol. The van der Waals surface area contributed by atoms with Crippen LogP contribution in [0.2, 0.25) is 5.02 Å². The fourth-order valence-corrected chi connectivity index (χ4v) is 4.29. The highest BCUT2D eigenvalue weighted by atomic mass is 79.9. The molecule has 0 unspecified atom stereocenters. The van der Waals surface area contributed by atoms with Crippen LogP contribution in [-0.2, 0) is 0 Å². The minimum Gasteiger partial charge on any atom is -0.376 e. The summed E-state index contributed by atoms with van der Waals surface area (Å²) in [5, 5.41) is 15.1. The molecule has 4 rings (SSSR count). The van der Waals surface area contributed by atoms with Crippen molar-refractivity contribution in [1.29, 1.82) is 0 Å². The van der Waals surface area contributed by atoms with Crippen LogP contribution in [0.5, 0.6) is 0 Å². The predicted octanol–water partition coefficient (Wildman–Crippen LogP) is 5.84. The van der Waals surface area contributed by atoms with Crippen LogP contribution in [0.4, 0.5) is 11.4 Å². The minimum atomic E-state index is -0.388. The highest BCUT2D eigenvalue weighted by Gasteiger charge is 2.39. The van der Waals surface area contributed by atoms with Gasteiger partial charge in [0.15, 0.2) is 0 Å². The van der Waals surface area contributed by atoms with Crippen molar-refractivity contribution in [2.75, 3.05) is 5.32 Å². The molecular formula is C18H14BrClN2O2. The summed E-state index contributed by atoms with van der Waals surface area (Å²) in [5.41, 5.74) is 2.96. The number of halogens is 2. The van der Waals surface area contributed by atoms with E-state index in [2.05, 4.69) is 45.5 Å². The number of nitrogens with zero attached hydrogens (tertiary/aromatic N) is 1. The lowest BCUT2D eigenvalue weighted by Gasteiger charge is -2.37. The molecule has 2 aliphatic rings. The zero-order valence-corrected chi connectivity index (χ0v) is 14.9. The van der Waals surface area contributed by atoms with Crippen LogP contribution >= 0.6 is 27.5 Å². The first-order chi connectivity index (χ1) is 11.5. The van der Waals surface area contributed by atoms with Gasteiger partial charge < -0.3 is 5.32 Å². The monoisotopic (exact) mass is 404 g/mol. The SMILES string of the molecule is O=[N+]([O-])c1cc(Cl)c2c(c1)[C@@H]1C=CC[C@H]1[C@H](c1ccc(Br)cc1)N2. The average molecular weight is 406 g/mol. The van der Waals surface area contributed by atoms with E-state index in [0.29, 0.717) is 10.9 Å². The van der Waals surface area contributed by atoms with E-state index < -0.39 is 0 Å². The lowest BCUT2D eigenvalue weighted by atomic mass is 9.77. The minimum absolute atomic E-state index is 0.0432. The Bertz CT molecular complexity index is 851. The van der Waals surface area contributed by atoms with Crippen molar-refractivity contribution in [2.45, 2.75) is 18.4 Å². The molecule has 1 heterocycles. The van der Waals surface area contributed by atoms with Crippen LogP contribution in [0.15, 0.2) is 53.0 Å². The van der Waals surface area contributed by atoms with Gasteiger partial charge in [-0.15, -0.1) is 0 Å². The van der Waals surface area contributed by atoms with E-state index in [-0.39, 0.29) is 22.6 Å². The molecule has 0 saturated heterocycles. The van der Waals surface area contributed by atoms with E-state index in [1.165, 1.54) is 11.6 Å². The second-order valence-electron chi connectivity index (χ2n) is 6.18. The summed E-state index contributed by atoms with van der Waals surface area (Å²) >= 11 is 9.83. The summed E-state index contributed by atoms with van der Waals surface area (Å²) in [6.45, 7) is 0. The van der Waals surface area contributed by atoms with Crippen LogP contribution < -0.4 is 5.32 Å². The van der Waals surface area contributed by atoms with Crippen LogP contribution in [0, 0.1) is 16.0 Å². The molecule has 0 amide bonds. The largest absolute Gasteiger partial charge is 0.376 e. The zero-order valence-electron chi connectivity index (χ0n) is 12.6. The first-order valence-electron chi connectivity index (χ1n) is 7.71. The van der Waals surface area contributed by atoms with Crippen molar-refractivity contribution in [3.63, 3.8) is 0 Å². The fraction of sp³-hybridized carbons (Fsp3) is 0.222. The van der Waals surface area contributed by atoms with Crippen LogP contribution in [0.1, 0.15) is 29.5 Å². The van der Waals surface area contributed by atoms with E-state index >= 15 is 0 Å². The molecule has 0 saturated carbocycles. The molecule has 1 N–H and O–H groups in total. The molecular weight excluding hydrogens is 392 g/mol. The van der Waals surface area contributed by atoms with Crippen LogP contribution in [0.25, 0.3) is 0 Å². The summed E-state index contributed by atoms with van der Waals surface area (Å²) < 4.78 is 1.04. The summed E-state index contributed by atoms with van der Waals surface area (Å²) in [6.07, 6.45) is 5.25. The molecule has 3 atom stereocenters. The lowest BCUT2D eigenvalue weighted by Crippen LogP contribution is -2.29. The number of anilines is 1. The van der Waals surface area contributed by atoms with Gasteiger partial charge in [-0.1, -0.05) is 51.8 Å². The smallest absolute Gasteiger partial charge is 0.271 e. The number of rotatable bonds is 2. The molecule has 24 heavy (non-hydrogen) atoms. The number of nitro groups is 1. The molecule has 4 nitrogen and oxygen atoms in total. The Morgan fingerprint density at radius 2 is 2.00 bits per heavy atom. The van der Waals surface area contributed by atoms with Crippen molar-refractivity contribution in [2.24, 2.45) is 5.92 Å². The maximum atomic E-state index is 11.2. The Morgan fingerprint density at radius 1 is 1.25 bits per heavy atom. The third kappa shape index (κ3) is 2.52. The third-order valence-corrected chi connectivity index (χ3v) is 5.67. The maximum Gasteiger partial charge on any atom is 0.271 e. The molecule has 0 bridgehead atoms. The topological polar surface area (TPSA) is 55.2 Å². The molecule has 6 heteroatoms. The highest BCUT2D eigenvalue weighted by Crippen LogP contribution is 2.52. The number of benzene rings is 2. The molecule has 1 aliphatic heterocycles. The van der Waals surface area contributed by atoms with Gasteiger partial charge in [0.2, 0.25) is 0 Å². The number of hydrogen-bond acceptors (Lipinski definition) is 3. The molecule has 0 fully saturated rings. The van der Waals surface area contributed by atoms with E-state index in [0.717, 1.165) is 22.1 Å². The van der Waals surface area contributed by atoms with Gasteiger partial charge in [-0.05, 0) is 35.6 Å². The number of fused-ring (bicyclic) bond motifs is 3. The third-order valence-electron chi connectivity index (χ3n) is 4.85. The van der Waals surface area contributed by atoms with Gasteiger partial charge in [0, 0.05) is 22.5 Å². The summed E-state index contributed by atoms with van der Waals surface area (Å²) in [7, 11) is 0. The normalized spacial score (nSPS) is 24.2. The van der Waals surface area contributed by atoms with Gasteiger partial charge in [-0.2, -0.15) is 0 Å². The van der Waals surface area contributed by atoms with E-state index in [9.17, 15) is 10.1 Å². The lowest BCUT2D eigenvalue weighted by molar-refractivity contribution is -0.384. The second kappa shape index (κ2) is 5.90. The molecule has 2 aromatic carbocycles. The molecule has 2 aromatic rings. The van der Waals surface area contributed by atoms with Gasteiger partial charge in [-0.3, -0.25) is 10.1 Å². The van der Waals surface area contributed by atoms with Gasteiger partial charge in [0.05, 0.1) is 21.7 Å². The Kier molecular flexibility index (Phi) is 3.85. The Morgan fingerprint density at radius 3 is 2.71 bits per heavy atom. The van der Waals surface area contributed by atoms with Crippen molar-refractivity contribution in [3.05, 3.63) is 79.3 Å². The van der Waals surface area contributed by atoms with E-state index in [4.69, 9.17) is 11.6 Å². The summed E-state index contributed by atoms with van der Waals surface area (Å²) in [4.78, 5) is 10.8. The average Bonchev–Trinajstić information content (AvgIpc) is 3.05. The first-order valence-corrected chi connectivity index (χ1v) is 8.88. The number of nitro benzene ring substituents is 1. The van der Waals surface area contributed by atoms with E-state index in [1.807, 2.05) is 12.1 Å². The van der Waals surface area contributed by atoms with E-state index in [1.54, 1.807) is 6.07 Å². The Hall–Kier alpha value is -1.85. The molecule has 1 aliphatic carbocycles. The van der Waals surface area contributed by atoms with Crippen molar-refractivity contribution in [3.8, 4) is 0 Å². The van der Waals surface area contributed by atoms with Gasteiger partial charge >= 0.3 is 0 Å². The van der Waals surface area contributed by atoms with Gasteiger partial charge in [0.25, 0.3) is 5.69 Å². The van der Waals surface area contributed by atoms with Crippen molar-refractivity contribution < 1.29 is 4.92 Å². The summed E-state index contributed by atoms with van der Waals surface area (Å²) in [6, 6.07) is 11.5. The second-order valence-corrected chi connectivity index (χ2v) is 7.50. The molecule has 0 radical (unpaired) electrons. The zero-order chi connectivity index (χ0) is 16.8. The van der Waals surface area contributed by atoms with Crippen molar-refractivity contribution in [1.82, 2.24) is 0 Å². The Labute approximate surface area is 152 Å². The quantitative estimate of drug-likeness (QED) is 0.388. The molecule has 0 aromatic heterocycles. The van der Waals surface area contributed by atoms with Crippen LogP contribution in [-0.4, -0.2) is 4.92 Å². The first kappa shape index (κ1) is 15.7. The molecule has 0 spiro atoms. The molecule has 122 valence electrons. The standard InChI is InChI=1S/C18H14BrClN2O2/c19-11-6-4-10(5-7-11)17-14-3-1-2-13(14)15-8-12(22(23)24)9-16(20)18(15)21-17/h1-2,4-9,13-14,17,21H,3H2/t13-,14-,17+/m1/s1. The summed E-state index contributed by atoms with van der Waals surface area (Å²) in [5.74, 6) is 0.476. The number of hydrogen-bond donors (Lipinski definition) is 1. The van der Waals surface area contributed by atoms with Gasteiger partial charge in [0.1, 0.15) is 0 Å². The number of non-ortho nitro benzene ring substituents is 1. The number of allylic oxidation sites excluding steroid dienone is 2. The fourth-order valence-electron chi connectivity index (χ4n) is 3.75.